The number of hydrogen-bond acceptors (Lipinski definition) is 5. The number of anilines is 1. The summed E-state index contributed by atoms with van der Waals surface area (Å²) in [5, 5.41) is 7.64. The molecule has 19 heavy (non-hydrogen) atoms. The van der Waals surface area contributed by atoms with E-state index in [0.29, 0.717) is 5.89 Å². The average molecular weight is 258 g/mol. The molecule has 0 bridgehead atoms. The van der Waals surface area contributed by atoms with Crippen LogP contribution < -0.4 is 4.90 Å². The Morgan fingerprint density at radius 1 is 1.16 bits per heavy atom. The van der Waals surface area contributed by atoms with Crippen LogP contribution in [0.15, 0.2) is 35.1 Å². The SMILES string of the molecule is Cc1ccccc1N1CCN(Cc2nnco2)CC1. The predicted molar refractivity (Wildman–Crippen MR) is 73.0 cm³/mol. The molecule has 5 nitrogen and oxygen atoms in total. The van der Waals surface area contributed by atoms with E-state index >= 15 is 0 Å². The smallest absolute Gasteiger partial charge is 0.230 e. The van der Waals surface area contributed by atoms with Gasteiger partial charge in [-0.15, -0.1) is 10.2 Å². The zero-order chi connectivity index (χ0) is 13.1. The minimum absolute atomic E-state index is 0.698. The Labute approximate surface area is 112 Å². The van der Waals surface area contributed by atoms with Crippen LogP contribution in [0.2, 0.25) is 0 Å². The zero-order valence-electron chi connectivity index (χ0n) is 11.1. The molecule has 1 aliphatic heterocycles. The third kappa shape index (κ3) is 2.76. The lowest BCUT2D eigenvalue weighted by Crippen LogP contribution is -2.46. The molecule has 100 valence electrons. The number of rotatable bonds is 3. The first kappa shape index (κ1) is 12.2. The molecule has 1 aromatic heterocycles. The largest absolute Gasteiger partial charge is 0.427 e. The molecule has 0 atom stereocenters. The number of nitrogens with zero attached hydrogens (tertiary/aromatic N) is 4. The molecule has 1 saturated heterocycles. The number of para-hydroxylation sites is 1. The van der Waals surface area contributed by atoms with Gasteiger partial charge in [0, 0.05) is 31.9 Å². The maximum atomic E-state index is 5.19. The molecule has 1 fully saturated rings. The van der Waals surface area contributed by atoms with Crippen LogP contribution in [0.5, 0.6) is 0 Å². The van der Waals surface area contributed by atoms with Crippen molar-refractivity contribution < 1.29 is 4.42 Å². The highest BCUT2D eigenvalue weighted by Gasteiger charge is 2.19. The minimum Gasteiger partial charge on any atom is -0.427 e. The molecular formula is C14H18N4O. The summed E-state index contributed by atoms with van der Waals surface area (Å²) in [5.41, 5.74) is 2.69. The van der Waals surface area contributed by atoms with Crippen molar-refractivity contribution in [2.45, 2.75) is 13.5 Å². The number of aryl methyl sites for hydroxylation is 1. The second kappa shape index (κ2) is 5.40. The van der Waals surface area contributed by atoms with Crippen LogP contribution in [0.25, 0.3) is 0 Å². The van der Waals surface area contributed by atoms with Crippen molar-refractivity contribution in [3.63, 3.8) is 0 Å². The lowest BCUT2D eigenvalue weighted by molar-refractivity contribution is 0.226. The van der Waals surface area contributed by atoms with Crippen molar-refractivity contribution in [2.24, 2.45) is 0 Å². The van der Waals surface area contributed by atoms with E-state index in [9.17, 15) is 0 Å². The van der Waals surface area contributed by atoms with Crippen LogP contribution in [0.3, 0.4) is 0 Å². The first-order valence-corrected chi connectivity index (χ1v) is 6.61. The fourth-order valence-corrected chi connectivity index (χ4v) is 2.52. The summed E-state index contributed by atoms with van der Waals surface area (Å²) >= 11 is 0. The highest BCUT2D eigenvalue weighted by atomic mass is 16.4. The first-order chi connectivity index (χ1) is 9.33. The zero-order valence-corrected chi connectivity index (χ0v) is 11.1. The lowest BCUT2D eigenvalue weighted by Gasteiger charge is -2.36. The number of aromatic nitrogens is 2. The van der Waals surface area contributed by atoms with E-state index in [1.165, 1.54) is 17.6 Å². The summed E-state index contributed by atoms with van der Waals surface area (Å²) in [6, 6.07) is 8.56. The van der Waals surface area contributed by atoms with Crippen molar-refractivity contribution in [2.75, 3.05) is 31.1 Å². The van der Waals surface area contributed by atoms with Crippen LogP contribution in [0.4, 0.5) is 5.69 Å². The van der Waals surface area contributed by atoms with Crippen LogP contribution in [-0.2, 0) is 6.54 Å². The van der Waals surface area contributed by atoms with E-state index in [0.717, 1.165) is 32.7 Å². The quantitative estimate of drug-likeness (QED) is 0.838. The third-order valence-electron chi connectivity index (χ3n) is 3.59. The summed E-state index contributed by atoms with van der Waals surface area (Å²) in [5.74, 6) is 0.698. The minimum atomic E-state index is 0.698. The van der Waals surface area contributed by atoms with Gasteiger partial charge in [-0.1, -0.05) is 18.2 Å². The number of hydrogen-bond donors (Lipinski definition) is 0. The summed E-state index contributed by atoms with van der Waals surface area (Å²) in [7, 11) is 0. The van der Waals surface area contributed by atoms with Gasteiger partial charge in [0.25, 0.3) is 0 Å². The Kier molecular flexibility index (Phi) is 3.46. The van der Waals surface area contributed by atoms with Gasteiger partial charge in [-0.2, -0.15) is 0 Å². The Morgan fingerprint density at radius 2 is 1.95 bits per heavy atom. The highest BCUT2D eigenvalue weighted by Crippen LogP contribution is 2.21. The van der Waals surface area contributed by atoms with Crippen molar-refractivity contribution in [1.29, 1.82) is 0 Å². The Hall–Kier alpha value is -1.88. The number of piperazine rings is 1. The molecule has 0 amide bonds. The fourth-order valence-electron chi connectivity index (χ4n) is 2.52. The average Bonchev–Trinajstić information content (AvgIpc) is 2.93. The molecule has 0 saturated carbocycles. The second-order valence-corrected chi connectivity index (χ2v) is 4.88. The van der Waals surface area contributed by atoms with Crippen LogP contribution in [0.1, 0.15) is 11.5 Å². The van der Waals surface area contributed by atoms with Gasteiger partial charge in [-0.3, -0.25) is 4.90 Å². The van der Waals surface area contributed by atoms with Crippen molar-refractivity contribution >= 4 is 5.69 Å². The summed E-state index contributed by atoms with van der Waals surface area (Å²) in [6.45, 7) is 7.05. The van der Waals surface area contributed by atoms with Crippen LogP contribution in [0, 0.1) is 6.92 Å². The van der Waals surface area contributed by atoms with E-state index in [1.54, 1.807) is 0 Å². The normalized spacial score (nSPS) is 16.8. The van der Waals surface area contributed by atoms with Gasteiger partial charge < -0.3 is 9.32 Å². The highest BCUT2D eigenvalue weighted by molar-refractivity contribution is 5.53. The van der Waals surface area contributed by atoms with Crippen molar-refractivity contribution in [3.05, 3.63) is 42.1 Å². The Bertz CT molecular complexity index is 518. The Morgan fingerprint density at radius 3 is 2.63 bits per heavy atom. The molecular weight excluding hydrogens is 240 g/mol. The first-order valence-electron chi connectivity index (χ1n) is 6.61. The van der Waals surface area contributed by atoms with Gasteiger partial charge in [0.2, 0.25) is 12.3 Å². The van der Waals surface area contributed by atoms with Gasteiger partial charge in [0.05, 0.1) is 6.54 Å². The van der Waals surface area contributed by atoms with E-state index in [1.807, 2.05) is 0 Å². The molecule has 3 rings (SSSR count). The van der Waals surface area contributed by atoms with Gasteiger partial charge >= 0.3 is 0 Å². The fraction of sp³-hybridized carbons (Fsp3) is 0.429. The molecule has 0 spiro atoms. The third-order valence-corrected chi connectivity index (χ3v) is 3.59. The molecule has 2 aromatic rings. The monoisotopic (exact) mass is 258 g/mol. The Balaban J connectivity index is 1.59. The van der Waals surface area contributed by atoms with Gasteiger partial charge in [-0.25, -0.2) is 0 Å². The van der Waals surface area contributed by atoms with E-state index < -0.39 is 0 Å². The molecule has 5 heteroatoms. The van der Waals surface area contributed by atoms with E-state index in [2.05, 4.69) is 51.2 Å². The maximum Gasteiger partial charge on any atom is 0.230 e. The van der Waals surface area contributed by atoms with Gasteiger partial charge in [0.1, 0.15) is 0 Å². The maximum absolute atomic E-state index is 5.19. The van der Waals surface area contributed by atoms with Crippen molar-refractivity contribution in [1.82, 2.24) is 15.1 Å². The molecule has 0 N–H and O–H groups in total. The predicted octanol–water partition coefficient (Wildman–Crippen LogP) is 1.70. The molecule has 1 aromatic carbocycles. The molecule has 2 heterocycles. The summed E-state index contributed by atoms with van der Waals surface area (Å²) in [6.07, 6.45) is 1.39. The topological polar surface area (TPSA) is 45.4 Å². The second-order valence-electron chi connectivity index (χ2n) is 4.88. The number of benzene rings is 1. The van der Waals surface area contributed by atoms with Crippen LogP contribution >= 0.6 is 0 Å². The summed E-state index contributed by atoms with van der Waals surface area (Å²) < 4.78 is 5.19. The standard InChI is InChI=1S/C14H18N4O/c1-12-4-2-3-5-13(12)18-8-6-17(7-9-18)10-14-16-15-11-19-14/h2-5,11H,6-10H2,1H3. The van der Waals surface area contributed by atoms with E-state index in [-0.39, 0.29) is 0 Å². The summed E-state index contributed by atoms with van der Waals surface area (Å²) in [4.78, 5) is 4.79. The molecule has 0 radical (unpaired) electrons. The van der Waals surface area contributed by atoms with Crippen molar-refractivity contribution in [3.8, 4) is 0 Å². The lowest BCUT2D eigenvalue weighted by atomic mass is 10.1. The van der Waals surface area contributed by atoms with Crippen LogP contribution in [-0.4, -0.2) is 41.3 Å². The van der Waals surface area contributed by atoms with E-state index in [4.69, 9.17) is 4.42 Å². The molecule has 1 aliphatic rings. The van der Waals surface area contributed by atoms with Gasteiger partial charge in [-0.05, 0) is 18.6 Å². The molecule has 0 unspecified atom stereocenters. The van der Waals surface area contributed by atoms with Gasteiger partial charge in [0.15, 0.2) is 0 Å². The molecule has 0 aliphatic carbocycles.